The van der Waals surface area contributed by atoms with Gasteiger partial charge in [0.1, 0.15) is 0 Å². The molecule has 80 valence electrons. The molecule has 1 aromatic heterocycles. The SMILES string of the molecule is CN(C(=O)C1CC1C(=O)O)c1cccs1. The Morgan fingerprint density at radius 2 is 2.27 bits per heavy atom. The smallest absolute Gasteiger partial charge is 0.307 e. The van der Waals surface area contributed by atoms with Crippen LogP contribution in [0.2, 0.25) is 0 Å². The van der Waals surface area contributed by atoms with Crippen molar-refractivity contribution in [1.29, 1.82) is 0 Å². The number of carboxylic acids is 1. The van der Waals surface area contributed by atoms with E-state index in [0.717, 1.165) is 5.00 Å². The average molecular weight is 225 g/mol. The summed E-state index contributed by atoms with van der Waals surface area (Å²) in [6, 6.07) is 3.71. The highest BCUT2D eigenvalue weighted by Gasteiger charge is 2.49. The van der Waals surface area contributed by atoms with Crippen LogP contribution in [-0.4, -0.2) is 24.0 Å². The summed E-state index contributed by atoms with van der Waals surface area (Å²) in [5, 5.41) is 11.5. The van der Waals surface area contributed by atoms with Gasteiger partial charge in [0.15, 0.2) is 0 Å². The summed E-state index contributed by atoms with van der Waals surface area (Å²) < 4.78 is 0. The van der Waals surface area contributed by atoms with E-state index in [1.807, 2.05) is 17.5 Å². The number of hydrogen-bond acceptors (Lipinski definition) is 3. The van der Waals surface area contributed by atoms with Crippen LogP contribution in [0.1, 0.15) is 6.42 Å². The molecule has 0 spiro atoms. The molecule has 1 aromatic rings. The van der Waals surface area contributed by atoms with E-state index in [4.69, 9.17) is 5.11 Å². The van der Waals surface area contributed by atoms with Gasteiger partial charge in [-0.2, -0.15) is 0 Å². The van der Waals surface area contributed by atoms with Crippen molar-refractivity contribution >= 4 is 28.2 Å². The molecule has 1 saturated carbocycles. The monoisotopic (exact) mass is 225 g/mol. The summed E-state index contributed by atoms with van der Waals surface area (Å²) in [7, 11) is 1.69. The van der Waals surface area contributed by atoms with E-state index in [1.165, 1.54) is 16.2 Å². The van der Waals surface area contributed by atoms with E-state index < -0.39 is 11.9 Å². The molecule has 0 radical (unpaired) electrons. The number of amides is 1. The lowest BCUT2D eigenvalue weighted by atomic mass is 10.3. The van der Waals surface area contributed by atoms with Gasteiger partial charge in [-0.15, -0.1) is 11.3 Å². The number of nitrogens with zero attached hydrogens (tertiary/aromatic N) is 1. The lowest BCUT2D eigenvalue weighted by molar-refractivity contribution is -0.139. The Labute approximate surface area is 91.1 Å². The van der Waals surface area contributed by atoms with E-state index in [0.29, 0.717) is 6.42 Å². The van der Waals surface area contributed by atoms with Gasteiger partial charge in [0.2, 0.25) is 5.91 Å². The van der Waals surface area contributed by atoms with Crippen LogP contribution in [0.3, 0.4) is 0 Å². The summed E-state index contributed by atoms with van der Waals surface area (Å²) in [6.07, 6.45) is 0.476. The summed E-state index contributed by atoms with van der Waals surface area (Å²) in [5.41, 5.74) is 0. The van der Waals surface area contributed by atoms with Crippen molar-refractivity contribution in [2.24, 2.45) is 11.8 Å². The molecule has 15 heavy (non-hydrogen) atoms. The predicted molar refractivity (Wildman–Crippen MR) is 57.0 cm³/mol. The maximum absolute atomic E-state index is 11.8. The third-order valence-electron chi connectivity index (χ3n) is 2.59. The Hall–Kier alpha value is -1.36. The van der Waals surface area contributed by atoms with Crippen molar-refractivity contribution in [3.63, 3.8) is 0 Å². The Bertz CT molecular complexity index is 387. The van der Waals surface area contributed by atoms with Crippen LogP contribution in [0.5, 0.6) is 0 Å². The maximum Gasteiger partial charge on any atom is 0.307 e. The van der Waals surface area contributed by atoms with Gasteiger partial charge in [-0.05, 0) is 23.9 Å². The summed E-state index contributed by atoms with van der Waals surface area (Å²) in [5.74, 6) is -1.76. The molecule has 0 bridgehead atoms. The molecular formula is C10H11NO3S. The number of thiophene rings is 1. The largest absolute Gasteiger partial charge is 0.481 e. The Morgan fingerprint density at radius 1 is 1.53 bits per heavy atom. The number of carbonyl (C=O) groups is 2. The van der Waals surface area contributed by atoms with Gasteiger partial charge in [0, 0.05) is 7.05 Å². The van der Waals surface area contributed by atoms with Gasteiger partial charge >= 0.3 is 5.97 Å². The van der Waals surface area contributed by atoms with Gasteiger partial charge < -0.3 is 10.0 Å². The Balaban J connectivity index is 2.01. The number of carbonyl (C=O) groups excluding carboxylic acids is 1. The molecule has 1 heterocycles. The first-order valence-corrected chi connectivity index (χ1v) is 5.53. The van der Waals surface area contributed by atoms with Crippen LogP contribution in [0.25, 0.3) is 0 Å². The van der Waals surface area contributed by atoms with Crippen LogP contribution >= 0.6 is 11.3 Å². The molecule has 5 heteroatoms. The fourth-order valence-corrected chi connectivity index (χ4v) is 2.26. The predicted octanol–water partition coefficient (Wildman–Crippen LogP) is 1.43. The molecular weight excluding hydrogens is 214 g/mol. The second kappa shape index (κ2) is 3.66. The van der Waals surface area contributed by atoms with Gasteiger partial charge in [0.25, 0.3) is 0 Å². The minimum Gasteiger partial charge on any atom is -0.481 e. The molecule has 1 aliphatic rings. The second-order valence-electron chi connectivity index (χ2n) is 3.64. The topological polar surface area (TPSA) is 57.6 Å². The van der Waals surface area contributed by atoms with Crippen molar-refractivity contribution in [3.05, 3.63) is 17.5 Å². The van der Waals surface area contributed by atoms with Crippen LogP contribution in [-0.2, 0) is 9.59 Å². The minimum absolute atomic E-state index is 0.0927. The fourth-order valence-electron chi connectivity index (χ4n) is 1.56. The highest BCUT2D eigenvalue weighted by molar-refractivity contribution is 7.14. The van der Waals surface area contributed by atoms with Crippen molar-refractivity contribution in [1.82, 2.24) is 0 Å². The van der Waals surface area contributed by atoms with Crippen molar-refractivity contribution < 1.29 is 14.7 Å². The average Bonchev–Trinajstić information content (AvgIpc) is 2.83. The normalized spacial score (nSPS) is 23.5. The van der Waals surface area contributed by atoms with E-state index in [-0.39, 0.29) is 11.8 Å². The Morgan fingerprint density at radius 3 is 2.73 bits per heavy atom. The van der Waals surface area contributed by atoms with E-state index >= 15 is 0 Å². The molecule has 0 aliphatic heterocycles. The standard InChI is InChI=1S/C10H11NO3S/c1-11(8-3-2-4-15-8)9(12)6-5-7(6)10(13)14/h2-4,6-7H,5H2,1H3,(H,13,14). The number of anilines is 1. The first-order chi connectivity index (χ1) is 7.11. The zero-order valence-electron chi connectivity index (χ0n) is 8.21. The summed E-state index contributed by atoms with van der Waals surface area (Å²) >= 11 is 1.47. The highest BCUT2D eigenvalue weighted by atomic mass is 32.1. The quantitative estimate of drug-likeness (QED) is 0.846. The van der Waals surface area contributed by atoms with Crippen molar-refractivity contribution in [2.45, 2.75) is 6.42 Å². The highest BCUT2D eigenvalue weighted by Crippen LogP contribution is 2.40. The summed E-state index contributed by atoms with van der Waals surface area (Å²) in [4.78, 5) is 23.9. The van der Waals surface area contributed by atoms with Crippen LogP contribution in [0, 0.1) is 11.8 Å². The molecule has 1 fully saturated rings. The molecule has 4 nitrogen and oxygen atoms in total. The van der Waals surface area contributed by atoms with E-state index in [2.05, 4.69) is 0 Å². The van der Waals surface area contributed by atoms with Crippen LogP contribution < -0.4 is 4.90 Å². The first kappa shape index (κ1) is 10.2. The summed E-state index contributed by atoms with van der Waals surface area (Å²) in [6.45, 7) is 0. The van der Waals surface area contributed by atoms with E-state index in [9.17, 15) is 9.59 Å². The van der Waals surface area contributed by atoms with Crippen molar-refractivity contribution in [2.75, 3.05) is 11.9 Å². The zero-order chi connectivity index (χ0) is 11.0. The minimum atomic E-state index is -0.868. The van der Waals surface area contributed by atoms with Crippen LogP contribution in [0.4, 0.5) is 5.00 Å². The third-order valence-corrected chi connectivity index (χ3v) is 3.54. The number of rotatable bonds is 3. The lowest BCUT2D eigenvalue weighted by Crippen LogP contribution is -2.28. The molecule has 1 amide bonds. The van der Waals surface area contributed by atoms with E-state index in [1.54, 1.807) is 7.05 Å². The van der Waals surface area contributed by atoms with Crippen molar-refractivity contribution in [3.8, 4) is 0 Å². The molecule has 1 aliphatic carbocycles. The van der Waals surface area contributed by atoms with Gasteiger partial charge in [-0.25, -0.2) is 0 Å². The molecule has 0 aromatic carbocycles. The number of carboxylic acid groups (broad SMARTS) is 1. The number of aliphatic carboxylic acids is 1. The van der Waals surface area contributed by atoms with Gasteiger partial charge in [-0.3, -0.25) is 9.59 Å². The fraction of sp³-hybridized carbons (Fsp3) is 0.400. The molecule has 2 atom stereocenters. The lowest BCUT2D eigenvalue weighted by Gasteiger charge is -2.14. The first-order valence-electron chi connectivity index (χ1n) is 4.65. The second-order valence-corrected chi connectivity index (χ2v) is 4.56. The van der Waals surface area contributed by atoms with Gasteiger partial charge in [-0.1, -0.05) is 0 Å². The Kier molecular flexibility index (Phi) is 2.48. The van der Waals surface area contributed by atoms with Crippen LogP contribution in [0.15, 0.2) is 17.5 Å². The third kappa shape index (κ3) is 1.87. The van der Waals surface area contributed by atoms with Gasteiger partial charge in [0.05, 0.1) is 16.8 Å². The number of hydrogen-bond donors (Lipinski definition) is 1. The molecule has 2 unspecified atom stereocenters. The molecule has 2 rings (SSSR count). The molecule has 0 saturated heterocycles. The maximum atomic E-state index is 11.8. The zero-order valence-corrected chi connectivity index (χ0v) is 9.03. The molecule has 1 N–H and O–H groups in total.